The lowest BCUT2D eigenvalue weighted by molar-refractivity contribution is -0.161. The number of phosphoric ester groups is 1. The van der Waals surface area contributed by atoms with Crippen LogP contribution in [0.1, 0.15) is 142 Å². The summed E-state index contributed by atoms with van der Waals surface area (Å²) < 4.78 is 32.6. The van der Waals surface area contributed by atoms with Gasteiger partial charge in [0.1, 0.15) is 12.7 Å². The van der Waals surface area contributed by atoms with Crippen LogP contribution in [0.25, 0.3) is 0 Å². The fraction of sp³-hybridized carbons (Fsp3) is 0.625. The molecular formula is C48H79O12P. The van der Waals surface area contributed by atoms with E-state index in [1.807, 2.05) is 49.5 Å². The number of allylic oxidation sites excluding steroid dienone is 12. The van der Waals surface area contributed by atoms with Crippen molar-refractivity contribution in [2.24, 2.45) is 0 Å². The normalized spacial score (nSPS) is 15.7. The molecule has 0 aromatic heterocycles. The minimum atomic E-state index is -4.68. The lowest BCUT2D eigenvalue weighted by atomic mass is 10.1. The number of hydrogen-bond donors (Lipinski definition) is 5. The number of unbranched alkanes of at least 4 members (excludes halogenated alkanes) is 11. The topological polar surface area (TPSA) is 189 Å². The van der Waals surface area contributed by atoms with Gasteiger partial charge in [-0.05, 0) is 70.6 Å². The van der Waals surface area contributed by atoms with Gasteiger partial charge in [-0.2, -0.15) is 0 Å². The number of esters is 2. The van der Waals surface area contributed by atoms with Crippen molar-refractivity contribution >= 4 is 19.8 Å². The number of phosphoric acid groups is 1. The van der Waals surface area contributed by atoms with Crippen molar-refractivity contribution in [3.05, 3.63) is 97.2 Å². The molecule has 1 unspecified atom stereocenters. The molecule has 0 aliphatic heterocycles. The van der Waals surface area contributed by atoms with Crippen LogP contribution in [-0.2, 0) is 32.7 Å². The molecule has 348 valence electrons. The molecule has 0 rings (SSSR count). The number of hydrogen-bond acceptors (Lipinski definition) is 11. The Morgan fingerprint density at radius 1 is 0.590 bits per heavy atom. The number of aliphatic hydroxyl groups is 4. The third-order valence-electron chi connectivity index (χ3n) is 8.90. The van der Waals surface area contributed by atoms with Gasteiger partial charge in [-0.15, -0.1) is 0 Å². The smallest absolute Gasteiger partial charge is 0.462 e. The summed E-state index contributed by atoms with van der Waals surface area (Å²) >= 11 is 0. The van der Waals surface area contributed by atoms with E-state index in [4.69, 9.17) is 19.1 Å². The van der Waals surface area contributed by atoms with Crippen LogP contribution in [0, 0.1) is 0 Å². The van der Waals surface area contributed by atoms with Gasteiger partial charge in [-0.1, -0.05) is 156 Å². The molecule has 5 atom stereocenters. The molecule has 5 N–H and O–H groups in total. The highest BCUT2D eigenvalue weighted by atomic mass is 31.2. The lowest BCUT2D eigenvalue weighted by Crippen LogP contribution is -2.29. The lowest BCUT2D eigenvalue weighted by Gasteiger charge is -2.20. The van der Waals surface area contributed by atoms with Crippen molar-refractivity contribution in [2.45, 2.75) is 167 Å². The number of aliphatic hydroxyl groups excluding tert-OH is 4. The fourth-order valence-electron chi connectivity index (χ4n) is 5.41. The molecule has 0 amide bonds. The van der Waals surface area contributed by atoms with Crippen LogP contribution in [0.3, 0.4) is 0 Å². The monoisotopic (exact) mass is 879 g/mol. The number of carbonyl (C=O) groups excluding carboxylic acids is 2. The third-order valence-corrected chi connectivity index (χ3v) is 9.85. The van der Waals surface area contributed by atoms with Crippen LogP contribution in [0.2, 0.25) is 0 Å². The summed E-state index contributed by atoms with van der Waals surface area (Å²) in [6.07, 6.45) is 44.4. The first kappa shape index (κ1) is 57.8. The Labute approximate surface area is 367 Å². The first-order chi connectivity index (χ1) is 29.5. The number of rotatable bonds is 40. The van der Waals surface area contributed by atoms with E-state index >= 15 is 0 Å². The summed E-state index contributed by atoms with van der Waals surface area (Å²) in [5, 5.41) is 38.4. The highest BCUT2D eigenvalue weighted by Gasteiger charge is 2.27. The average Bonchev–Trinajstić information content (AvgIpc) is 3.24. The molecule has 0 radical (unpaired) electrons. The van der Waals surface area contributed by atoms with Crippen LogP contribution in [0.4, 0.5) is 0 Å². The average molecular weight is 879 g/mol. The van der Waals surface area contributed by atoms with E-state index in [9.17, 15) is 34.4 Å². The van der Waals surface area contributed by atoms with E-state index in [0.29, 0.717) is 32.1 Å². The van der Waals surface area contributed by atoms with Crippen LogP contribution < -0.4 is 0 Å². The molecule has 12 nitrogen and oxygen atoms in total. The highest BCUT2D eigenvalue weighted by Crippen LogP contribution is 2.43. The van der Waals surface area contributed by atoms with E-state index < -0.39 is 70.6 Å². The minimum absolute atomic E-state index is 0.00936. The number of ether oxygens (including phenoxy) is 2. The van der Waals surface area contributed by atoms with E-state index in [1.54, 1.807) is 30.4 Å². The van der Waals surface area contributed by atoms with Gasteiger partial charge in [-0.25, -0.2) is 4.57 Å². The highest BCUT2D eigenvalue weighted by molar-refractivity contribution is 7.47. The maximum Gasteiger partial charge on any atom is 0.472 e. The Bertz CT molecular complexity index is 1370. The summed E-state index contributed by atoms with van der Waals surface area (Å²) in [7, 11) is -4.68. The summed E-state index contributed by atoms with van der Waals surface area (Å²) in [4.78, 5) is 35.0. The van der Waals surface area contributed by atoms with Crippen molar-refractivity contribution in [3.8, 4) is 0 Å². The van der Waals surface area contributed by atoms with Crippen LogP contribution >= 0.6 is 7.82 Å². The summed E-state index contributed by atoms with van der Waals surface area (Å²) in [5.74, 6) is -1.13. The zero-order valence-electron chi connectivity index (χ0n) is 37.1. The zero-order chi connectivity index (χ0) is 45.1. The quantitative estimate of drug-likeness (QED) is 0.0129. The van der Waals surface area contributed by atoms with E-state index in [0.717, 1.165) is 44.9 Å². The molecule has 0 saturated carbocycles. The van der Waals surface area contributed by atoms with E-state index in [1.165, 1.54) is 38.5 Å². The summed E-state index contributed by atoms with van der Waals surface area (Å²) in [6, 6.07) is 0. The van der Waals surface area contributed by atoms with Crippen molar-refractivity contribution in [2.75, 3.05) is 26.4 Å². The second kappa shape index (κ2) is 42.1. The van der Waals surface area contributed by atoms with Gasteiger partial charge in [0.25, 0.3) is 0 Å². The zero-order valence-corrected chi connectivity index (χ0v) is 38.0. The molecule has 0 fully saturated rings. The SMILES string of the molecule is CC/C=C\C[C@H](O)/C=C/C=C\C/C=C\C=C\[C@H](O)/C=C\CCCC(=O)O[C@H](COC(=O)CCCCCCCCC/C=C\C/C=C\CCCCC)COP(=O)(O)OC[C@@H](O)CO. The molecule has 61 heavy (non-hydrogen) atoms. The molecule has 0 saturated heterocycles. The third kappa shape index (κ3) is 41.9. The predicted molar refractivity (Wildman–Crippen MR) is 244 cm³/mol. The van der Waals surface area contributed by atoms with Crippen molar-refractivity contribution in [1.82, 2.24) is 0 Å². The molecular weight excluding hydrogens is 799 g/mol. The molecule has 0 bridgehead atoms. The fourth-order valence-corrected chi connectivity index (χ4v) is 6.20. The Kier molecular flexibility index (Phi) is 39.9. The largest absolute Gasteiger partial charge is 0.472 e. The van der Waals surface area contributed by atoms with E-state index in [2.05, 4.69) is 35.8 Å². The Morgan fingerprint density at radius 3 is 1.85 bits per heavy atom. The predicted octanol–water partition coefficient (Wildman–Crippen LogP) is 9.94. The summed E-state index contributed by atoms with van der Waals surface area (Å²) in [6.45, 7) is 1.91. The minimum Gasteiger partial charge on any atom is -0.462 e. The molecule has 0 aliphatic rings. The van der Waals surface area contributed by atoms with Gasteiger partial charge < -0.3 is 34.8 Å². The Morgan fingerprint density at radius 2 is 1.18 bits per heavy atom. The maximum atomic E-state index is 12.6. The van der Waals surface area contributed by atoms with Gasteiger partial charge in [0.2, 0.25) is 0 Å². The molecule has 13 heteroatoms. The van der Waals surface area contributed by atoms with Crippen LogP contribution in [0.5, 0.6) is 0 Å². The second-order valence-corrected chi connectivity index (χ2v) is 16.2. The standard InChI is InChI=1S/C48H79O12P/c1-3-5-7-8-9-10-11-12-13-14-15-16-17-18-22-25-31-37-47(53)57-41-46(42-59-61(55,56)58-40-45(52)39-49)60-48(54)38-32-26-30-36-44(51)35-29-24-21-19-20-23-28-34-43(50)33-27-6-4-2/h6,9-10,12-13,20-21,23-24,27-30,34-36,43-46,49-52H,3-5,7-8,11,14-19,22,25-26,31-33,37-42H2,1-2H3,(H,55,56)/b10-9-,13-12-,23-20-,24-21-,27-6-,34-28+,35-29+,36-30-/t43-,44-,45-,46+/m0/s1. The van der Waals surface area contributed by atoms with Gasteiger partial charge in [0.05, 0.1) is 32.0 Å². The molecule has 0 heterocycles. The van der Waals surface area contributed by atoms with Crippen LogP contribution in [-0.4, -0.2) is 88.1 Å². The van der Waals surface area contributed by atoms with Gasteiger partial charge in [-0.3, -0.25) is 18.6 Å². The van der Waals surface area contributed by atoms with Gasteiger partial charge >= 0.3 is 19.8 Å². The van der Waals surface area contributed by atoms with Gasteiger partial charge in [0.15, 0.2) is 6.10 Å². The van der Waals surface area contributed by atoms with Crippen LogP contribution in [0.15, 0.2) is 97.2 Å². The molecule has 0 spiro atoms. The van der Waals surface area contributed by atoms with Gasteiger partial charge in [0, 0.05) is 12.8 Å². The van der Waals surface area contributed by atoms with Crippen molar-refractivity contribution < 1.29 is 58.0 Å². The summed E-state index contributed by atoms with van der Waals surface area (Å²) in [5.41, 5.74) is 0. The Balaban J connectivity index is 4.56. The van der Waals surface area contributed by atoms with Crippen molar-refractivity contribution in [3.63, 3.8) is 0 Å². The Hall–Kier alpha value is -3.19. The van der Waals surface area contributed by atoms with Crippen molar-refractivity contribution in [1.29, 1.82) is 0 Å². The maximum absolute atomic E-state index is 12.6. The van der Waals surface area contributed by atoms with E-state index in [-0.39, 0.29) is 12.8 Å². The first-order valence-corrected chi connectivity index (χ1v) is 23.9. The molecule has 0 aromatic rings. The molecule has 0 aliphatic carbocycles. The molecule has 0 aromatic carbocycles. The second-order valence-electron chi connectivity index (χ2n) is 14.7. The first-order valence-electron chi connectivity index (χ1n) is 22.4. The number of carbonyl (C=O) groups is 2.